The summed E-state index contributed by atoms with van der Waals surface area (Å²) in [6.45, 7) is 0. The Hall–Kier alpha value is -1.66. The van der Waals surface area contributed by atoms with E-state index in [2.05, 4.69) is 0 Å². The Kier molecular flexibility index (Phi) is 2.30. The highest BCUT2D eigenvalue weighted by atomic mass is 32.1. The molecule has 2 rings (SSSR count). The van der Waals surface area contributed by atoms with Crippen molar-refractivity contribution in [1.29, 1.82) is 5.26 Å². The number of carbonyl (C=O) groups is 1. The fraction of sp³-hybridized carbons (Fsp3) is 0.0909. The first-order chi connectivity index (χ1) is 6.83. The molecule has 0 spiro atoms. The molecule has 0 fully saturated rings. The zero-order valence-electron chi connectivity index (χ0n) is 7.36. The number of hydrogen-bond acceptors (Lipinski definition) is 3. The van der Waals surface area contributed by atoms with E-state index in [0.717, 1.165) is 10.1 Å². The molecule has 0 aliphatic heterocycles. The first-order valence-electron chi connectivity index (χ1n) is 4.19. The van der Waals surface area contributed by atoms with E-state index >= 15 is 0 Å². The third-order valence-electron chi connectivity index (χ3n) is 2.02. The normalized spacial score (nSPS) is 9.93. The molecule has 68 valence electrons. The van der Waals surface area contributed by atoms with Crippen molar-refractivity contribution >= 4 is 27.2 Å². The van der Waals surface area contributed by atoms with Crippen LogP contribution in [-0.4, -0.2) is 5.78 Å². The second-order valence-corrected chi connectivity index (χ2v) is 3.81. The van der Waals surface area contributed by atoms with Crippen LogP contribution in [0.25, 0.3) is 10.1 Å². The SMILES string of the molecule is N#CCC(=O)c1csc2ccccc12. The summed E-state index contributed by atoms with van der Waals surface area (Å²) in [6.07, 6.45) is -0.0409. The van der Waals surface area contributed by atoms with Crippen LogP contribution in [-0.2, 0) is 0 Å². The van der Waals surface area contributed by atoms with Crippen molar-refractivity contribution in [1.82, 2.24) is 0 Å². The molecule has 1 aromatic heterocycles. The number of fused-ring (bicyclic) bond motifs is 1. The molecule has 0 bridgehead atoms. The third kappa shape index (κ3) is 1.40. The Morgan fingerprint density at radius 3 is 3.00 bits per heavy atom. The number of ketones is 1. The molecule has 2 nitrogen and oxygen atoms in total. The first-order valence-corrected chi connectivity index (χ1v) is 5.07. The van der Waals surface area contributed by atoms with Gasteiger partial charge in [-0.1, -0.05) is 18.2 Å². The number of carbonyl (C=O) groups excluding carboxylic acids is 1. The van der Waals surface area contributed by atoms with Crippen molar-refractivity contribution < 1.29 is 4.79 Å². The van der Waals surface area contributed by atoms with E-state index in [1.54, 1.807) is 0 Å². The minimum absolute atomic E-state index is 0.0409. The molecule has 0 unspecified atom stereocenters. The maximum Gasteiger partial charge on any atom is 0.178 e. The van der Waals surface area contributed by atoms with Gasteiger partial charge >= 0.3 is 0 Å². The van der Waals surface area contributed by atoms with Gasteiger partial charge in [-0.15, -0.1) is 11.3 Å². The van der Waals surface area contributed by atoms with Crippen LogP contribution in [0.4, 0.5) is 0 Å². The van der Waals surface area contributed by atoms with Gasteiger partial charge < -0.3 is 0 Å². The first kappa shape index (κ1) is 8.92. The molecule has 14 heavy (non-hydrogen) atoms. The number of nitriles is 1. The van der Waals surface area contributed by atoms with Gasteiger partial charge in [-0.2, -0.15) is 5.26 Å². The van der Waals surface area contributed by atoms with Gasteiger partial charge in [0.2, 0.25) is 0 Å². The Morgan fingerprint density at radius 1 is 1.43 bits per heavy atom. The molecule has 0 radical (unpaired) electrons. The number of Topliss-reactive ketones (excluding diaryl/α,β-unsaturated/α-hetero) is 1. The maximum atomic E-state index is 11.5. The molecule has 3 heteroatoms. The minimum atomic E-state index is -0.0926. The standard InChI is InChI=1S/C11H7NOS/c12-6-5-10(13)9-7-14-11-4-2-1-3-8(9)11/h1-4,7H,5H2. The predicted molar refractivity (Wildman–Crippen MR) is 56.4 cm³/mol. The summed E-state index contributed by atoms with van der Waals surface area (Å²) >= 11 is 1.54. The Labute approximate surface area is 85.4 Å². The highest BCUT2D eigenvalue weighted by Gasteiger charge is 2.10. The van der Waals surface area contributed by atoms with Crippen molar-refractivity contribution in [2.75, 3.05) is 0 Å². The number of nitrogens with zero attached hydrogens (tertiary/aromatic N) is 1. The fourth-order valence-electron chi connectivity index (χ4n) is 1.36. The van der Waals surface area contributed by atoms with E-state index < -0.39 is 0 Å². The van der Waals surface area contributed by atoms with Crippen LogP contribution in [0.5, 0.6) is 0 Å². The topological polar surface area (TPSA) is 40.9 Å². The lowest BCUT2D eigenvalue weighted by Crippen LogP contribution is -1.94. The highest BCUT2D eigenvalue weighted by molar-refractivity contribution is 7.17. The van der Waals surface area contributed by atoms with Crippen molar-refractivity contribution in [3.63, 3.8) is 0 Å². The average molecular weight is 201 g/mol. The van der Waals surface area contributed by atoms with Gasteiger partial charge in [0.05, 0.1) is 12.5 Å². The molecular formula is C11H7NOS. The second kappa shape index (κ2) is 3.60. The monoisotopic (exact) mass is 201 g/mol. The zero-order chi connectivity index (χ0) is 9.97. The van der Waals surface area contributed by atoms with Gasteiger partial charge in [0.1, 0.15) is 0 Å². The van der Waals surface area contributed by atoms with E-state index in [1.165, 1.54) is 11.3 Å². The summed E-state index contributed by atoms with van der Waals surface area (Å²) in [6, 6.07) is 9.61. The van der Waals surface area contributed by atoms with Crippen molar-refractivity contribution in [2.24, 2.45) is 0 Å². The van der Waals surface area contributed by atoms with Gasteiger partial charge in [-0.05, 0) is 6.07 Å². The van der Waals surface area contributed by atoms with E-state index in [4.69, 9.17) is 5.26 Å². The van der Waals surface area contributed by atoms with E-state index in [1.807, 2.05) is 35.7 Å². The molecule has 0 saturated carbocycles. The van der Waals surface area contributed by atoms with Gasteiger partial charge in [-0.25, -0.2) is 0 Å². The molecule has 0 aliphatic rings. The molecule has 2 aromatic rings. The number of thiophene rings is 1. The van der Waals surface area contributed by atoms with Crippen LogP contribution in [0.1, 0.15) is 16.8 Å². The molecule has 0 saturated heterocycles. The average Bonchev–Trinajstić information content (AvgIpc) is 2.61. The predicted octanol–water partition coefficient (Wildman–Crippen LogP) is 3.00. The van der Waals surface area contributed by atoms with Gasteiger partial charge in [0, 0.05) is 21.0 Å². The fourth-order valence-corrected chi connectivity index (χ4v) is 2.33. The van der Waals surface area contributed by atoms with Crippen LogP contribution in [0, 0.1) is 11.3 Å². The van der Waals surface area contributed by atoms with Crippen LogP contribution < -0.4 is 0 Å². The Bertz CT molecular complexity index is 521. The lowest BCUT2D eigenvalue weighted by Gasteiger charge is -1.92. The molecule has 0 aliphatic carbocycles. The van der Waals surface area contributed by atoms with Crippen molar-refractivity contribution in [2.45, 2.75) is 6.42 Å². The van der Waals surface area contributed by atoms with Gasteiger partial charge in [-0.3, -0.25) is 4.79 Å². The summed E-state index contributed by atoms with van der Waals surface area (Å²) in [5.41, 5.74) is 0.673. The van der Waals surface area contributed by atoms with Crippen LogP contribution in [0.15, 0.2) is 29.6 Å². The zero-order valence-corrected chi connectivity index (χ0v) is 8.17. The summed E-state index contributed by atoms with van der Waals surface area (Å²) in [5, 5.41) is 11.2. The summed E-state index contributed by atoms with van der Waals surface area (Å²) < 4.78 is 1.09. The van der Waals surface area contributed by atoms with Crippen LogP contribution in [0.3, 0.4) is 0 Å². The quantitative estimate of drug-likeness (QED) is 0.701. The molecule has 0 N–H and O–H groups in total. The van der Waals surface area contributed by atoms with Crippen molar-refractivity contribution in [3.05, 3.63) is 35.2 Å². The summed E-state index contributed by atoms with van der Waals surface area (Å²) in [7, 11) is 0. The molecule has 0 atom stereocenters. The van der Waals surface area contributed by atoms with E-state index in [9.17, 15) is 4.79 Å². The number of hydrogen-bond donors (Lipinski definition) is 0. The molecule has 0 amide bonds. The summed E-state index contributed by atoms with van der Waals surface area (Å²) in [5.74, 6) is -0.0926. The minimum Gasteiger partial charge on any atom is -0.293 e. The largest absolute Gasteiger partial charge is 0.293 e. The smallest absolute Gasteiger partial charge is 0.178 e. The van der Waals surface area contributed by atoms with Crippen LogP contribution >= 0.6 is 11.3 Å². The lowest BCUT2D eigenvalue weighted by atomic mass is 10.1. The Morgan fingerprint density at radius 2 is 2.21 bits per heavy atom. The third-order valence-corrected chi connectivity index (χ3v) is 2.98. The van der Waals surface area contributed by atoms with E-state index in [-0.39, 0.29) is 12.2 Å². The van der Waals surface area contributed by atoms with Crippen molar-refractivity contribution in [3.8, 4) is 6.07 Å². The van der Waals surface area contributed by atoms with Gasteiger partial charge in [0.25, 0.3) is 0 Å². The number of benzene rings is 1. The highest BCUT2D eigenvalue weighted by Crippen LogP contribution is 2.26. The molecular weight excluding hydrogens is 194 g/mol. The summed E-state index contributed by atoms with van der Waals surface area (Å²) in [4.78, 5) is 11.5. The second-order valence-electron chi connectivity index (χ2n) is 2.90. The Balaban J connectivity index is 2.54. The molecule has 1 heterocycles. The number of rotatable bonds is 2. The van der Waals surface area contributed by atoms with Crippen LogP contribution in [0.2, 0.25) is 0 Å². The lowest BCUT2D eigenvalue weighted by molar-refractivity contribution is 0.0999. The molecule has 1 aromatic carbocycles. The van der Waals surface area contributed by atoms with Gasteiger partial charge in [0.15, 0.2) is 5.78 Å². The van der Waals surface area contributed by atoms with E-state index in [0.29, 0.717) is 5.56 Å². The maximum absolute atomic E-state index is 11.5.